The molecule has 1 aliphatic carbocycles. The van der Waals surface area contributed by atoms with Crippen molar-refractivity contribution >= 4 is 17.6 Å². The predicted octanol–water partition coefficient (Wildman–Crippen LogP) is 1.82. The fourth-order valence-electron chi connectivity index (χ4n) is 2.35. The summed E-state index contributed by atoms with van der Waals surface area (Å²) in [6, 6.07) is 3.66. The second kappa shape index (κ2) is 5.82. The molecule has 1 aliphatic rings. The van der Waals surface area contributed by atoms with E-state index >= 15 is 0 Å². The Morgan fingerprint density at radius 3 is 2.74 bits per heavy atom. The average Bonchev–Trinajstić information content (AvgIpc) is 2.46. The number of anilines is 1. The number of pyridine rings is 1. The largest absolute Gasteiger partial charge is 0.465 e. The van der Waals surface area contributed by atoms with E-state index in [1.54, 1.807) is 18.3 Å². The monoisotopic (exact) mass is 262 g/mol. The molecule has 1 aromatic rings. The van der Waals surface area contributed by atoms with Gasteiger partial charge in [0, 0.05) is 32.1 Å². The number of nitrogens with zero attached hydrogens (tertiary/aromatic N) is 2. The molecule has 0 atom stereocenters. The number of ketones is 1. The lowest BCUT2D eigenvalue weighted by atomic mass is 9.93. The van der Waals surface area contributed by atoms with Gasteiger partial charge in [-0.1, -0.05) is 0 Å². The van der Waals surface area contributed by atoms with Crippen LogP contribution in [0, 0.1) is 0 Å². The minimum atomic E-state index is -0.365. The highest BCUT2D eigenvalue weighted by molar-refractivity contribution is 5.90. The zero-order valence-electron chi connectivity index (χ0n) is 11.3. The van der Waals surface area contributed by atoms with Crippen molar-refractivity contribution < 1.29 is 14.3 Å². The number of aromatic nitrogens is 1. The Kier molecular flexibility index (Phi) is 4.14. The second-order valence-corrected chi connectivity index (χ2v) is 4.78. The van der Waals surface area contributed by atoms with Crippen LogP contribution in [0.4, 0.5) is 5.82 Å². The van der Waals surface area contributed by atoms with E-state index in [1.807, 2.05) is 11.9 Å². The molecule has 0 radical (unpaired) electrons. The van der Waals surface area contributed by atoms with E-state index in [9.17, 15) is 9.59 Å². The Bertz CT molecular complexity index is 477. The predicted molar refractivity (Wildman–Crippen MR) is 71.2 cm³/mol. The Labute approximate surface area is 112 Å². The van der Waals surface area contributed by atoms with Gasteiger partial charge in [0.25, 0.3) is 0 Å². The first-order valence-corrected chi connectivity index (χ1v) is 6.40. The number of carbonyl (C=O) groups excluding carboxylic acids is 2. The highest BCUT2D eigenvalue weighted by Gasteiger charge is 2.23. The van der Waals surface area contributed by atoms with Gasteiger partial charge in [0.05, 0.1) is 12.7 Å². The van der Waals surface area contributed by atoms with Crippen LogP contribution in [0.15, 0.2) is 18.3 Å². The summed E-state index contributed by atoms with van der Waals surface area (Å²) in [5, 5.41) is 0. The van der Waals surface area contributed by atoms with Gasteiger partial charge < -0.3 is 9.64 Å². The summed E-state index contributed by atoms with van der Waals surface area (Å²) >= 11 is 0. The Morgan fingerprint density at radius 2 is 2.11 bits per heavy atom. The number of hydrogen-bond donors (Lipinski definition) is 0. The minimum Gasteiger partial charge on any atom is -0.465 e. The van der Waals surface area contributed by atoms with Crippen molar-refractivity contribution in [3.8, 4) is 0 Å². The molecule has 1 saturated carbocycles. The first kappa shape index (κ1) is 13.5. The maximum Gasteiger partial charge on any atom is 0.338 e. The van der Waals surface area contributed by atoms with Crippen molar-refractivity contribution in [2.24, 2.45) is 0 Å². The standard InChI is InChI=1S/C14H18N2O3/c1-16(11-3-5-12(17)6-4-11)13-9-10(7-8-15-13)14(18)19-2/h7-9,11H,3-6H2,1-2H3. The van der Waals surface area contributed by atoms with Crippen LogP contribution in [0.2, 0.25) is 0 Å². The maximum absolute atomic E-state index is 11.5. The molecule has 0 aromatic carbocycles. The number of hydrogen-bond acceptors (Lipinski definition) is 5. The van der Waals surface area contributed by atoms with Crippen molar-refractivity contribution in [3.05, 3.63) is 23.9 Å². The highest BCUT2D eigenvalue weighted by atomic mass is 16.5. The smallest absolute Gasteiger partial charge is 0.338 e. The molecule has 1 fully saturated rings. The molecule has 0 amide bonds. The first-order valence-electron chi connectivity index (χ1n) is 6.40. The third-order valence-corrected chi connectivity index (χ3v) is 3.59. The summed E-state index contributed by atoms with van der Waals surface area (Å²) in [6.45, 7) is 0. The van der Waals surface area contributed by atoms with Gasteiger partial charge in [-0.05, 0) is 25.0 Å². The first-order chi connectivity index (χ1) is 9.11. The Balaban J connectivity index is 2.12. The highest BCUT2D eigenvalue weighted by Crippen LogP contribution is 2.23. The normalized spacial score (nSPS) is 16.2. The van der Waals surface area contributed by atoms with Crippen molar-refractivity contribution in [2.75, 3.05) is 19.1 Å². The molecule has 0 unspecified atom stereocenters. The summed E-state index contributed by atoms with van der Waals surface area (Å²) in [5.41, 5.74) is 0.492. The molecule has 0 saturated heterocycles. The lowest BCUT2D eigenvalue weighted by Crippen LogP contribution is -2.35. The Hall–Kier alpha value is -1.91. The second-order valence-electron chi connectivity index (χ2n) is 4.78. The molecule has 1 heterocycles. The van der Waals surface area contributed by atoms with Crippen molar-refractivity contribution in [3.63, 3.8) is 0 Å². The molecule has 1 aromatic heterocycles. The molecule has 102 valence electrons. The summed E-state index contributed by atoms with van der Waals surface area (Å²) in [5.74, 6) is 0.707. The van der Waals surface area contributed by atoms with E-state index in [2.05, 4.69) is 4.98 Å². The molecular weight excluding hydrogens is 244 g/mol. The number of methoxy groups -OCH3 is 1. The molecule has 19 heavy (non-hydrogen) atoms. The number of esters is 1. The summed E-state index contributed by atoms with van der Waals surface area (Å²) in [7, 11) is 3.31. The van der Waals surface area contributed by atoms with Crippen LogP contribution in [-0.4, -0.2) is 36.9 Å². The lowest BCUT2D eigenvalue weighted by molar-refractivity contribution is -0.120. The van der Waals surface area contributed by atoms with E-state index in [1.165, 1.54) is 7.11 Å². The van der Waals surface area contributed by atoms with E-state index < -0.39 is 0 Å². The maximum atomic E-state index is 11.5. The summed E-state index contributed by atoms with van der Waals surface area (Å²) in [4.78, 5) is 29.1. The summed E-state index contributed by atoms with van der Waals surface area (Å²) < 4.78 is 4.70. The zero-order valence-corrected chi connectivity index (χ0v) is 11.3. The van der Waals surface area contributed by atoms with Crippen molar-refractivity contribution in [1.29, 1.82) is 0 Å². The minimum absolute atomic E-state index is 0.304. The topological polar surface area (TPSA) is 59.5 Å². The van der Waals surface area contributed by atoms with Gasteiger partial charge in [-0.3, -0.25) is 4.79 Å². The van der Waals surface area contributed by atoms with Gasteiger partial charge in [-0.15, -0.1) is 0 Å². The van der Waals surface area contributed by atoms with Gasteiger partial charge in [-0.25, -0.2) is 9.78 Å². The fraction of sp³-hybridized carbons (Fsp3) is 0.500. The molecule has 0 spiro atoms. The SMILES string of the molecule is COC(=O)c1ccnc(N(C)C2CCC(=O)CC2)c1. The molecular formula is C14H18N2O3. The van der Waals surface area contributed by atoms with Gasteiger partial charge in [0.1, 0.15) is 11.6 Å². The quantitative estimate of drug-likeness (QED) is 0.778. The average molecular weight is 262 g/mol. The zero-order chi connectivity index (χ0) is 13.8. The van der Waals surface area contributed by atoms with Gasteiger partial charge in [0.2, 0.25) is 0 Å². The van der Waals surface area contributed by atoms with Gasteiger partial charge in [0.15, 0.2) is 0 Å². The lowest BCUT2D eigenvalue weighted by Gasteiger charge is -2.31. The van der Waals surface area contributed by atoms with Crippen LogP contribution < -0.4 is 4.90 Å². The third-order valence-electron chi connectivity index (χ3n) is 3.59. The van der Waals surface area contributed by atoms with Crippen LogP contribution in [0.5, 0.6) is 0 Å². The van der Waals surface area contributed by atoms with E-state index in [4.69, 9.17) is 4.74 Å². The van der Waals surface area contributed by atoms with Gasteiger partial charge in [-0.2, -0.15) is 0 Å². The number of rotatable bonds is 3. The summed E-state index contributed by atoms with van der Waals surface area (Å²) in [6.07, 6.45) is 4.56. The van der Waals surface area contributed by atoms with Crippen LogP contribution >= 0.6 is 0 Å². The van der Waals surface area contributed by atoms with Crippen LogP contribution in [-0.2, 0) is 9.53 Å². The number of Topliss-reactive ketones (excluding diaryl/α,β-unsaturated/α-hetero) is 1. The van der Waals surface area contributed by atoms with Crippen molar-refractivity contribution in [2.45, 2.75) is 31.7 Å². The van der Waals surface area contributed by atoms with E-state index in [0.29, 0.717) is 30.2 Å². The molecule has 5 heteroatoms. The third kappa shape index (κ3) is 3.10. The fourth-order valence-corrected chi connectivity index (χ4v) is 2.35. The molecule has 0 bridgehead atoms. The molecule has 5 nitrogen and oxygen atoms in total. The van der Waals surface area contributed by atoms with Crippen LogP contribution in [0.3, 0.4) is 0 Å². The number of carbonyl (C=O) groups is 2. The van der Waals surface area contributed by atoms with Crippen LogP contribution in [0.25, 0.3) is 0 Å². The van der Waals surface area contributed by atoms with E-state index in [-0.39, 0.29) is 5.97 Å². The molecule has 0 aliphatic heterocycles. The van der Waals surface area contributed by atoms with E-state index in [0.717, 1.165) is 18.7 Å². The number of ether oxygens (including phenoxy) is 1. The van der Waals surface area contributed by atoms with Crippen molar-refractivity contribution in [1.82, 2.24) is 4.98 Å². The van der Waals surface area contributed by atoms with Crippen LogP contribution in [0.1, 0.15) is 36.0 Å². The Morgan fingerprint density at radius 1 is 1.42 bits per heavy atom. The van der Waals surface area contributed by atoms with Gasteiger partial charge >= 0.3 is 5.97 Å². The molecule has 2 rings (SSSR count). The molecule has 0 N–H and O–H groups in total.